The topological polar surface area (TPSA) is 71.0 Å². The normalized spacial score (nSPS) is 16.1. The van der Waals surface area contributed by atoms with Crippen LogP contribution in [-0.2, 0) is 13.0 Å². The van der Waals surface area contributed by atoms with E-state index in [0.29, 0.717) is 42.8 Å². The lowest BCUT2D eigenvalue weighted by molar-refractivity contribution is 0.0731. The first kappa shape index (κ1) is 23.1. The number of benzene rings is 2. The number of hydrogen-bond donors (Lipinski definition) is 0. The van der Waals surface area contributed by atoms with Crippen LogP contribution in [0.5, 0.6) is 17.4 Å². The smallest absolute Gasteiger partial charge is 0.254 e. The molecule has 0 radical (unpaired) electrons. The van der Waals surface area contributed by atoms with Crippen LogP contribution in [0.3, 0.4) is 0 Å². The Labute approximate surface area is 206 Å². The zero-order chi connectivity index (χ0) is 24.4. The van der Waals surface area contributed by atoms with Crippen LogP contribution in [0, 0.1) is 6.92 Å². The van der Waals surface area contributed by atoms with E-state index in [4.69, 9.17) is 19.4 Å². The van der Waals surface area contributed by atoms with Gasteiger partial charge in [-0.2, -0.15) is 4.98 Å². The number of hydrogen-bond acceptors (Lipinski definition) is 7. The van der Waals surface area contributed by atoms with E-state index in [1.807, 2.05) is 60.4 Å². The Morgan fingerprint density at radius 1 is 0.943 bits per heavy atom. The van der Waals surface area contributed by atoms with Crippen molar-refractivity contribution in [2.24, 2.45) is 0 Å². The summed E-state index contributed by atoms with van der Waals surface area (Å²) in [4.78, 5) is 29.5. The molecule has 8 nitrogen and oxygen atoms in total. The lowest BCUT2D eigenvalue weighted by Gasteiger charge is -2.34. The molecule has 1 fully saturated rings. The zero-order valence-electron chi connectivity index (χ0n) is 20.5. The third kappa shape index (κ3) is 4.93. The molecule has 8 heteroatoms. The minimum atomic E-state index is 0.0178. The highest BCUT2D eigenvalue weighted by Crippen LogP contribution is 2.33. The number of carbonyl (C=O) groups excluding carboxylic acids is 1. The quantitative estimate of drug-likeness (QED) is 0.561. The first-order chi connectivity index (χ1) is 17.0. The molecular formula is C27H31N5O3. The Balaban J connectivity index is 1.49. The van der Waals surface area contributed by atoms with Crippen molar-refractivity contribution >= 4 is 11.9 Å². The van der Waals surface area contributed by atoms with E-state index in [0.717, 1.165) is 48.6 Å². The molecule has 35 heavy (non-hydrogen) atoms. The minimum absolute atomic E-state index is 0.0178. The zero-order valence-corrected chi connectivity index (χ0v) is 20.5. The van der Waals surface area contributed by atoms with Crippen LogP contribution in [0.4, 0.5) is 5.95 Å². The molecule has 2 aliphatic rings. The number of rotatable bonds is 5. The third-order valence-electron chi connectivity index (χ3n) is 6.72. The molecule has 0 N–H and O–H groups in total. The van der Waals surface area contributed by atoms with E-state index in [9.17, 15) is 4.79 Å². The van der Waals surface area contributed by atoms with Gasteiger partial charge in [0.2, 0.25) is 11.8 Å². The van der Waals surface area contributed by atoms with Gasteiger partial charge in [0.1, 0.15) is 11.5 Å². The van der Waals surface area contributed by atoms with Crippen LogP contribution >= 0.6 is 0 Å². The van der Waals surface area contributed by atoms with E-state index in [2.05, 4.69) is 16.8 Å². The molecule has 1 saturated heterocycles. The van der Waals surface area contributed by atoms with Crippen LogP contribution in [-0.4, -0.2) is 72.6 Å². The van der Waals surface area contributed by atoms with Crippen molar-refractivity contribution in [3.05, 3.63) is 70.9 Å². The van der Waals surface area contributed by atoms with Crippen molar-refractivity contribution < 1.29 is 14.3 Å². The number of anilines is 1. The summed E-state index contributed by atoms with van der Waals surface area (Å²) < 4.78 is 11.7. The van der Waals surface area contributed by atoms with Crippen molar-refractivity contribution in [2.75, 3.05) is 51.8 Å². The summed E-state index contributed by atoms with van der Waals surface area (Å²) >= 11 is 0. The maximum absolute atomic E-state index is 13.3. The molecule has 2 aromatic carbocycles. The Hall–Kier alpha value is -3.65. The lowest BCUT2D eigenvalue weighted by atomic mass is 10.0. The van der Waals surface area contributed by atoms with Crippen molar-refractivity contribution in [3.63, 3.8) is 0 Å². The molecule has 0 atom stereocenters. The van der Waals surface area contributed by atoms with Crippen LogP contribution in [0.15, 0.2) is 48.5 Å². The van der Waals surface area contributed by atoms with Crippen molar-refractivity contribution in [2.45, 2.75) is 19.9 Å². The largest absolute Gasteiger partial charge is 0.497 e. The van der Waals surface area contributed by atoms with Gasteiger partial charge in [-0.15, -0.1) is 0 Å². The van der Waals surface area contributed by atoms with Gasteiger partial charge < -0.3 is 24.2 Å². The van der Waals surface area contributed by atoms with E-state index in [1.54, 1.807) is 7.11 Å². The lowest BCUT2D eigenvalue weighted by Crippen LogP contribution is -2.45. The molecule has 0 bridgehead atoms. The van der Waals surface area contributed by atoms with Crippen LogP contribution < -0.4 is 14.4 Å². The Kier molecular flexibility index (Phi) is 6.55. The average molecular weight is 474 g/mol. The minimum Gasteiger partial charge on any atom is -0.497 e. The maximum Gasteiger partial charge on any atom is 0.254 e. The summed E-state index contributed by atoms with van der Waals surface area (Å²) in [5.41, 5.74) is 3.50. The highest BCUT2D eigenvalue weighted by molar-refractivity contribution is 5.95. The Morgan fingerprint density at radius 3 is 2.49 bits per heavy atom. The SMILES string of the molecule is COc1cccc(Oc2nc(N3CCN(C)CC3)nc3c2CN(C(=O)c2ccccc2C)CC3)c1. The molecule has 5 rings (SSSR count). The third-order valence-corrected chi connectivity index (χ3v) is 6.72. The van der Waals surface area contributed by atoms with E-state index >= 15 is 0 Å². The van der Waals surface area contributed by atoms with Gasteiger partial charge in [0.15, 0.2) is 0 Å². The van der Waals surface area contributed by atoms with Crippen molar-refractivity contribution in [1.82, 2.24) is 19.8 Å². The molecule has 1 amide bonds. The van der Waals surface area contributed by atoms with Crippen molar-refractivity contribution in [3.8, 4) is 17.4 Å². The summed E-state index contributed by atoms with van der Waals surface area (Å²) in [5.74, 6) is 2.55. The number of ether oxygens (including phenoxy) is 2. The van der Waals surface area contributed by atoms with E-state index in [1.165, 1.54) is 0 Å². The molecule has 2 aliphatic heterocycles. The number of carbonyl (C=O) groups is 1. The molecule has 3 aromatic rings. The molecule has 0 spiro atoms. The molecule has 0 saturated carbocycles. The molecule has 0 unspecified atom stereocenters. The summed E-state index contributed by atoms with van der Waals surface area (Å²) in [6.07, 6.45) is 0.657. The molecular weight excluding hydrogens is 442 g/mol. The fourth-order valence-corrected chi connectivity index (χ4v) is 4.54. The molecule has 0 aliphatic carbocycles. The highest BCUT2D eigenvalue weighted by Gasteiger charge is 2.29. The van der Waals surface area contributed by atoms with Crippen molar-refractivity contribution in [1.29, 1.82) is 0 Å². The number of likely N-dealkylation sites (N-methyl/N-ethyl adjacent to an activating group) is 1. The number of amides is 1. The number of aryl methyl sites for hydroxylation is 1. The van der Waals surface area contributed by atoms with Gasteiger partial charge in [-0.05, 0) is 37.7 Å². The number of fused-ring (bicyclic) bond motifs is 1. The van der Waals surface area contributed by atoms with Crippen LogP contribution in [0.2, 0.25) is 0 Å². The summed E-state index contributed by atoms with van der Waals surface area (Å²) in [6.45, 7) is 6.64. The maximum atomic E-state index is 13.3. The first-order valence-electron chi connectivity index (χ1n) is 12.0. The number of nitrogens with zero attached hydrogens (tertiary/aromatic N) is 5. The second-order valence-electron chi connectivity index (χ2n) is 9.12. The highest BCUT2D eigenvalue weighted by atomic mass is 16.5. The molecule has 1 aromatic heterocycles. The number of piperazine rings is 1. The summed E-state index contributed by atoms with van der Waals surface area (Å²) in [6, 6.07) is 15.2. The van der Waals surface area contributed by atoms with Gasteiger partial charge >= 0.3 is 0 Å². The summed E-state index contributed by atoms with van der Waals surface area (Å²) in [5, 5.41) is 0. The summed E-state index contributed by atoms with van der Waals surface area (Å²) in [7, 11) is 3.76. The molecule has 3 heterocycles. The fraction of sp³-hybridized carbons (Fsp3) is 0.370. The first-order valence-corrected chi connectivity index (χ1v) is 12.0. The van der Waals surface area contributed by atoms with Gasteiger partial charge in [-0.25, -0.2) is 4.98 Å². The van der Waals surface area contributed by atoms with Gasteiger partial charge in [0, 0.05) is 50.8 Å². The van der Waals surface area contributed by atoms with Crippen LogP contribution in [0.25, 0.3) is 0 Å². The van der Waals surface area contributed by atoms with Gasteiger partial charge in [0.25, 0.3) is 5.91 Å². The van der Waals surface area contributed by atoms with Gasteiger partial charge in [-0.3, -0.25) is 4.79 Å². The van der Waals surface area contributed by atoms with E-state index in [-0.39, 0.29) is 5.91 Å². The molecule has 182 valence electrons. The fourth-order valence-electron chi connectivity index (χ4n) is 4.54. The predicted octanol–water partition coefficient (Wildman–Crippen LogP) is 3.54. The Bertz CT molecular complexity index is 1220. The second-order valence-corrected chi connectivity index (χ2v) is 9.12. The van der Waals surface area contributed by atoms with E-state index < -0.39 is 0 Å². The predicted molar refractivity (Wildman–Crippen MR) is 134 cm³/mol. The van der Waals surface area contributed by atoms with Gasteiger partial charge in [0.05, 0.1) is 24.9 Å². The van der Waals surface area contributed by atoms with Gasteiger partial charge in [-0.1, -0.05) is 24.3 Å². The second kappa shape index (κ2) is 9.92. The Morgan fingerprint density at radius 2 is 1.71 bits per heavy atom. The standard InChI is InChI=1S/C27H31N5O3/c1-19-7-4-5-10-22(19)26(33)32-12-11-24-23(18-32)25(35-21-9-6-8-20(17-21)34-3)29-27(28-24)31-15-13-30(2)14-16-31/h4-10,17H,11-16,18H2,1-3H3. The van der Waals surface area contributed by atoms with Crippen LogP contribution in [0.1, 0.15) is 27.2 Å². The average Bonchev–Trinajstić information content (AvgIpc) is 2.89. The monoisotopic (exact) mass is 473 g/mol. The number of aromatic nitrogens is 2. The number of methoxy groups -OCH3 is 1.